The first kappa shape index (κ1) is 33.3. The Balaban J connectivity index is 0.000000301. The highest BCUT2D eigenvalue weighted by molar-refractivity contribution is 7.90. The molecule has 0 fully saturated rings. The van der Waals surface area contributed by atoms with Gasteiger partial charge in [-0.25, -0.2) is 13.1 Å². The van der Waals surface area contributed by atoms with Crippen molar-refractivity contribution in [2.75, 3.05) is 19.7 Å². The van der Waals surface area contributed by atoms with E-state index in [-0.39, 0.29) is 39.4 Å². The van der Waals surface area contributed by atoms with Gasteiger partial charge in [-0.2, -0.15) is 8.78 Å². The number of aromatic hydroxyl groups is 1. The Hall–Kier alpha value is -5.11. The van der Waals surface area contributed by atoms with E-state index in [4.69, 9.17) is 4.74 Å². The van der Waals surface area contributed by atoms with Crippen molar-refractivity contribution >= 4 is 26.8 Å². The summed E-state index contributed by atoms with van der Waals surface area (Å²) in [5, 5.41) is 24.3. The quantitative estimate of drug-likeness (QED) is 0.138. The highest BCUT2D eigenvalue weighted by Gasteiger charge is 2.33. The zero-order chi connectivity index (χ0) is 33.6. The number of hydrogen-bond donors (Lipinski definition) is 5. The van der Waals surface area contributed by atoms with Gasteiger partial charge in [0, 0.05) is 23.6 Å². The summed E-state index contributed by atoms with van der Waals surface area (Å²) < 4.78 is 58.0. The number of sulfonamides is 1. The number of aromatic nitrogens is 1. The number of aromatic amines is 1. The van der Waals surface area contributed by atoms with Gasteiger partial charge in [0.05, 0.1) is 17.2 Å². The molecule has 0 radical (unpaired) electrons. The Bertz CT molecular complexity index is 2040. The largest absolute Gasteiger partial charge is 0.506 e. The van der Waals surface area contributed by atoms with Crippen molar-refractivity contribution < 1.29 is 36.9 Å². The Kier molecular flexibility index (Phi) is 9.99. The van der Waals surface area contributed by atoms with Crippen LogP contribution >= 0.6 is 0 Å². The molecular formula is C34H31F2N3O7S. The van der Waals surface area contributed by atoms with Crippen LogP contribution in [0.3, 0.4) is 0 Å². The second-order valence-corrected chi connectivity index (χ2v) is 12.3. The standard InChI is InChI=1S/C27H26F2N2O4.C7H5NO3S/c28-27(29,19-4-2-1-3-5-19)17-35-20-8-6-18(7-9-20)14-15-30-16-24(33)21-10-12-23(32)26-22(21)11-13-25(34)31-26;9-7-5-3-1-2-4-6(5)12(10,11)8-7/h1-13,24,30,32-33H,14-17H2,(H,31,34);1-4H,(H,8,9)/t24-;/m0./s1. The number of phenols is 1. The van der Waals surface area contributed by atoms with E-state index in [1.165, 1.54) is 36.4 Å². The first-order chi connectivity index (χ1) is 22.4. The van der Waals surface area contributed by atoms with Gasteiger partial charge in [-0.3, -0.25) is 9.59 Å². The van der Waals surface area contributed by atoms with Gasteiger partial charge in [0.25, 0.3) is 15.9 Å². The summed E-state index contributed by atoms with van der Waals surface area (Å²) in [4.78, 5) is 25.2. The number of carbonyl (C=O) groups excluding carboxylic acids is 1. The minimum absolute atomic E-state index is 0.0576. The van der Waals surface area contributed by atoms with Crippen LogP contribution in [0.15, 0.2) is 113 Å². The minimum atomic E-state index is -3.55. The molecule has 1 aromatic heterocycles. The number of nitrogens with one attached hydrogen (secondary N) is 3. The Morgan fingerprint density at radius 1 is 0.872 bits per heavy atom. The molecule has 0 saturated heterocycles. The molecule has 0 unspecified atom stereocenters. The molecule has 6 rings (SSSR count). The van der Waals surface area contributed by atoms with Gasteiger partial charge in [-0.1, -0.05) is 60.7 Å². The number of amides is 1. The lowest BCUT2D eigenvalue weighted by molar-refractivity contribution is -0.0467. The number of carbonyl (C=O) groups is 1. The first-order valence-corrected chi connectivity index (χ1v) is 16.0. The fourth-order valence-electron chi connectivity index (χ4n) is 4.94. The van der Waals surface area contributed by atoms with E-state index in [0.717, 1.165) is 5.56 Å². The lowest BCUT2D eigenvalue weighted by Gasteiger charge is -2.17. The lowest BCUT2D eigenvalue weighted by atomic mass is 10.0. The normalized spacial score (nSPS) is 14.1. The molecule has 0 bridgehead atoms. The minimum Gasteiger partial charge on any atom is -0.506 e. The number of rotatable bonds is 10. The van der Waals surface area contributed by atoms with E-state index >= 15 is 0 Å². The predicted octanol–water partition coefficient (Wildman–Crippen LogP) is 4.39. The number of aliphatic hydroxyl groups excluding tert-OH is 1. The lowest BCUT2D eigenvalue weighted by Crippen LogP contribution is -2.24. The summed E-state index contributed by atoms with van der Waals surface area (Å²) in [6.45, 7) is 0.112. The summed E-state index contributed by atoms with van der Waals surface area (Å²) in [6.07, 6.45) is -0.178. The zero-order valence-corrected chi connectivity index (χ0v) is 25.6. The molecule has 5 N–H and O–H groups in total. The Morgan fingerprint density at radius 3 is 2.30 bits per heavy atom. The zero-order valence-electron chi connectivity index (χ0n) is 24.8. The number of ether oxygens (including phenoxy) is 1. The molecule has 1 amide bonds. The number of benzene rings is 4. The third-order valence-corrected chi connectivity index (χ3v) is 8.77. The van der Waals surface area contributed by atoms with Crippen molar-refractivity contribution in [3.8, 4) is 11.5 Å². The molecule has 5 aromatic rings. The third-order valence-electron chi connectivity index (χ3n) is 7.38. The van der Waals surface area contributed by atoms with E-state index in [2.05, 4.69) is 10.3 Å². The number of H-pyrrole nitrogens is 1. The summed E-state index contributed by atoms with van der Waals surface area (Å²) in [6, 6.07) is 26.6. The van der Waals surface area contributed by atoms with Crippen molar-refractivity contribution in [3.05, 3.63) is 136 Å². The highest BCUT2D eigenvalue weighted by Crippen LogP contribution is 2.30. The van der Waals surface area contributed by atoms with Gasteiger partial charge < -0.3 is 25.3 Å². The summed E-state index contributed by atoms with van der Waals surface area (Å²) in [5.74, 6) is -3.32. The van der Waals surface area contributed by atoms with Gasteiger partial charge >= 0.3 is 5.92 Å². The van der Waals surface area contributed by atoms with Gasteiger partial charge in [0.1, 0.15) is 16.4 Å². The third kappa shape index (κ3) is 8.01. The number of hydrogen-bond acceptors (Lipinski definition) is 8. The highest BCUT2D eigenvalue weighted by atomic mass is 32.2. The fraction of sp³-hybridized carbons (Fsp3) is 0.176. The molecule has 13 heteroatoms. The van der Waals surface area contributed by atoms with E-state index < -0.39 is 34.6 Å². The van der Waals surface area contributed by atoms with Crippen LogP contribution in [0.1, 0.15) is 33.2 Å². The second-order valence-electron chi connectivity index (χ2n) is 10.7. The number of alkyl halides is 2. The van der Waals surface area contributed by atoms with Crippen molar-refractivity contribution in [1.82, 2.24) is 15.0 Å². The van der Waals surface area contributed by atoms with Crippen molar-refractivity contribution in [2.45, 2.75) is 23.3 Å². The molecule has 47 heavy (non-hydrogen) atoms. The van der Waals surface area contributed by atoms with E-state index in [1.807, 2.05) is 16.9 Å². The van der Waals surface area contributed by atoms with Gasteiger partial charge in [-0.05, 0) is 60.5 Å². The molecular weight excluding hydrogens is 632 g/mol. The number of fused-ring (bicyclic) bond motifs is 2. The molecule has 1 aliphatic rings. The summed E-state index contributed by atoms with van der Waals surface area (Å²) in [7, 11) is -3.55. The summed E-state index contributed by atoms with van der Waals surface area (Å²) >= 11 is 0. The monoisotopic (exact) mass is 663 g/mol. The van der Waals surface area contributed by atoms with Crippen LogP contribution in [0.5, 0.6) is 11.5 Å². The van der Waals surface area contributed by atoms with Gasteiger partial charge in [-0.15, -0.1) is 0 Å². The molecule has 4 aromatic carbocycles. The van der Waals surface area contributed by atoms with Crippen LogP contribution in [-0.2, 0) is 22.4 Å². The average molecular weight is 664 g/mol. The van der Waals surface area contributed by atoms with Crippen LogP contribution in [-0.4, -0.2) is 49.2 Å². The fourth-order valence-corrected chi connectivity index (χ4v) is 6.12. The van der Waals surface area contributed by atoms with E-state index in [1.54, 1.807) is 54.6 Å². The van der Waals surface area contributed by atoms with Gasteiger partial charge in [0.15, 0.2) is 6.61 Å². The Morgan fingerprint density at radius 2 is 1.57 bits per heavy atom. The van der Waals surface area contributed by atoms with Crippen LogP contribution in [0.25, 0.3) is 10.9 Å². The van der Waals surface area contributed by atoms with E-state index in [9.17, 15) is 37.0 Å². The second kappa shape index (κ2) is 14.1. The average Bonchev–Trinajstić information content (AvgIpc) is 3.31. The maximum atomic E-state index is 14.3. The number of pyridine rings is 1. The maximum absolute atomic E-state index is 14.3. The van der Waals surface area contributed by atoms with Crippen molar-refractivity contribution in [2.24, 2.45) is 0 Å². The first-order valence-electron chi connectivity index (χ1n) is 14.5. The molecule has 1 aliphatic heterocycles. The van der Waals surface area contributed by atoms with Crippen molar-refractivity contribution in [1.29, 1.82) is 0 Å². The molecule has 2 heterocycles. The van der Waals surface area contributed by atoms with Crippen LogP contribution in [0.4, 0.5) is 8.78 Å². The SMILES string of the molecule is O=C1NS(=O)(=O)c2ccccc21.O=c1ccc2c([C@@H](O)CNCCc3ccc(OCC(F)(F)c4ccccc4)cc3)ccc(O)c2[nH]1. The van der Waals surface area contributed by atoms with Crippen LogP contribution < -0.4 is 20.3 Å². The number of phenolic OH excluding ortho intramolecular Hbond substituents is 1. The van der Waals surface area contributed by atoms with Crippen LogP contribution in [0.2, 0.25) is 0 Å². The topological polar surface area (TPSA) is 158 Å². The Labute approximate surface area is 268 Å². The maximum Gasteiger partial charge on any atom is 0.306 e. The number of aliphatic hydroxyl groups is 1. The predicted molar refractivity (Wildman–Crippen MR) is 171 cm³/mol. The molecule has 0 aliphatic carbocycles. The molecule has 0 spiro atoms. The van der Waals surface area contributed by atoms with Crippen molar-refractivity contribution in [3.63, 3.8) is 0 Å². The summed E-state index contributed by atoms with van der Waals surface area (Å²) in [5.41, 5.74) is 1.67. The molecule has 0 saturated carbocycles. The smallest absolute Gasteiger partial charge is 0.306 e. The van der Waals surface area contributed by atoms with Gasteiger partial charge in [0.2, 0.25) is 5.56 Å². The molecule has 244 valence electrons. The molecule has 10 nitrogen and oxygen atoms in total. The van der Waals surface area contributed by atoms with E-state index in [0.29, 0.717) is 29.7 Å². The van der Waals surface area contributed by atoms with Crippen LogP contribution in [0, 0.1) is 0 Å². The molecule has 1 atom stereocenters. The number of halogens is 2.